The second kappa shape index (κ2) is 6.39. The first-order chi connectivity index (χ1) is 11.1. The number of aromatic nitrogens is 3. The molecule has 0 atom stereocenters. The highest BCUT2D eigenvalue weighted by molar-refractivity contribution is 5.52. The number of H-pyrrole nitrogens is 1. The molecule has 0 spiro atoms. The van der Waals surface area contributed by atoms with Crippen molar-refractivity contribution in [1.82, 2.24) is 15.2 Å². The zero-order chi connectivity index (χ0) is 16.2. The van der Waals surface area contributed by atoms with Crippen molar-refractivity contribution in [1.29, 1.82) is 0 Å². The van der Waals surface area contributed by atoms with Gasteiger partial charge in [-0.25, -0.2) is 4.39 Å². The largest absolute Gasteiger partial charge is 0.324 e. The van der Waals surface area contributed by atoms with E-state index in [0.717, 1.165) is 11.1 Å². The molecule has 0 amide bonds. The number of nitrogens with one attached hydrogen (secondary N) is 2. The zero-order valence-electron chi connectivity index (χ0n) is 12.5. The SMILES string of the molecule is Cc1ccc(Cc2nnc(Nc3cccc(F)c3)[nH]c2=O)cc1. The Kier molecular flexibility index (Phi) is 4.14. The topological polar surface area (TPSA) is 70.7 Å². The van der Waals surface area contributed by atoms with Crippen LogP contribution < -0.4 is 10.9 Å². The van der Waals surface area contributed by atoms with E-state index in [-0.39, 0.29) is 17.3 Å². The monoisotopic (exact) mass is 310 g/mol. The number of aromatic amines is 1. The number of hydrogen-bond acceptors (Lipinski definition) is 4. The number of aryl methyl sites for hydroxylation is 1. The Labute approximate surface area is 132 Å². The van der Waals surface area contributed by atoms with Crippen LogP contribution in [0.15, 0.2) is 53.3 Å². The van der Waals surface area contributed by atoms with E-state index in [1.807, 2.05) is 31.2 Å². The van der Waals surface area contributed by atoms with Gasteiger partial charge in [0.1, 0.15) is 11.5 Å². The molecule has 0 fully saturated rings. The molecule has 0 aliphatic carbocycles. The molecule has 0 radical (unpaired) electrons. The highest BCUT2D eigenvalue weighted by Crippen LogP contribution is 2.13. The van der Waals surface area contributed by atoms with Crippen LogP contribution in [0.4, 0.5) is 16.0 Å². The van der Waals surface area contributed by atoms with Gasteiger partial charge in [-0.1, -0.05) is 35.9 Å². The lowest BCUT2D eigenvalue weighted by atomic mass is 10.1. The normalized spacial score (nSPS) is 10.5. The van der Waals surface area contributed by atoms with Crippen molar-refractivity contribution >= 4 is 11.6 Å². The Morgan fingerprint density at radius 3 is 2.61 bits per heavy atom. The van der Waals surface area contributed by atoms with Crippen molar-refractivity contribution in [2.24, 2.45) is 0 Å². The third-order valence-corrected chi connectivity index (χ3v) is 3.34. The number of nitrogens with zero attached hydrogens (tertiary/aromatic N) is 2. The van der Waals surface area contributed by atoms with Crippen LogP contribution in [-0.2, 0) is 6.42 Å². The predicted molar refractivity (Wildman–Crippen MR) is 86.3 cm³/mol. The third-order valence-electron chi connectivity index (χ3n) is 3.34. The second-order valence-corrected chi connectivity index (χ2v) is 5.25. The van der Waals surface area contributed by atoms with Gasteiger partial charge in [-0.15, -0.1) is 10.2 Å². The summed E-state index contributed by atoms with van der Waals surface area (Å²) in [6, 6.07) is 13.8. The smallest absolute Gasteiger partial charge is 0.274 e. The molecule has 23 heavy (non-hydrogen) atoms. The predicted octanol–water partition coefficient (Wildman–Crippen LogP) is 2.95. The summed E-state index contributed by atoms with van der Waals surface area (Å²) < 4.78 is 13.1. The summed E-state index contributed by atoms with van der Waals surface area (Å²) in [7, 11) is 0. The Morgan fingerprint density at radius 2 is 1.91 bits per heavy atom. The lowest BCUT2D eigenvalue weighted by molar-refractivity contribution is 0.628. The third kappa shape index (κ3) is 3.79. The van der Waals surface area contributed by atoms with E-state index in [1.54, 1.807) is 12.1 Å². The van der Waals surface area contributed by atoms with E-state index < -0.39 is 0 Å². The maximum atomic E-state index is 13.1. The molecule has 3 rings (SSSR count). The molecule has 2 N–H and O–H groups in total. The van der Waals surface area contributed by atoms with E-state index in [0.29, 0.717) is 17.8 Å². The lowest BCUT2D eigenvalue weighted by Gasteiger charge is -2.05. The molecule has 0 aliphatic heterocycles. The van der Waals surface area contributed by atoms with Gasteiger partial charge in [-0.05, 0) is 30.7 Å². The average molecular weight is 310 g/mol. The summed E-state index contributed by atoms with van der Waals surface area (Å²) >= 11 is 0. The number of hydrogen-bond donors (Lipinski definition) is 2. The van der Waals surface area contributed by atoms with Gasteiger partial charge in [-0.3, -0.25) is 9.78 Å². The fraction of sp³-hybridized carbons (Fsp3) is 0.118. The number of halogens is 1. The number of anilines is 2. The van der Waals surface area contributed by atoms with E-state index >= 15 is 0 Å². The first kappa shape index (κ1) is 14.9. The van der Waals surface area contributed by atoms with Crippen molar-refractivity contribution in [3.63, 3.8) is 0 Å². The molecule has 0 bridgehead atoms. The highest BCUT2D eigenvalue weighted by atomic mass is 19.1. The average Bonchev–Trinajstić information content (AvgIpc) is 2.52. The summed E-state index contributed by atoms with van der Waals surface area (Å²) in [4.78, 5) is 14.7. The Bertz CT molecular complexity index is 874. The Hall–Kier alpha value is -3.02. The molecule has 6 heteroatoms. The van der Waals surface area contributed by atoms with Gasteiger partial charge in [0.15, 0.2) is 0 Å². The van der Waals surface area contributed by atoms with Crippen LogP contribution in [0, 0.1) is 12.7 Å². The highest BCUT2D eigenvalue weighted by Gasteiger charge is 2.06. The van der Waals surface area contributed by atoms with Crippen molar-refractivity contribution in [3.05, 3.63) is 81.5 Å². The minimum Gasteiger partial charge on any atom is -0.324 e. The Balaban J connectivity index is 1.78. The van der Waals surface area contributed by atoms with Crippen molar-refractivity contribution < 1.29 is 4.39 Å². The van der Waals surface area contributed by atoms with Gasteiger partial charge in [-0.2, -0.15) is 0 Å². The molecular formula is C17H15FN4O. The summed E-state index contributed by atoms with van der Waals surface area (Å²) in [5.41, 5.74) is 2.64. The molecule has 0 aliphatic rings. The van der Waals surface area contributed by atoms with Gasteiger partial charge in [0, 0.05) is 12.1 Å². The molecule has 1 heterocycles. The van der Waals surface area contributed by atoms with Crippen LogP contribution in [0.5, 0.6) is 0 Å². The number of benzene rings is 2. The van der Waals surface area contributed by atoms with Crippen LogP contribution in [0.3, 0.4) is 0 Å². The second-order valence-electron chi connectivity index (χ2n) is 5.25. The standard InChI is InChI=1S/C17H15FN4O/c1-11-5-7-12(8-6-11)9-15-16(23)20-17(22-21-15)19-14-4-2-3-13(18)10-14/h2-8,10H,9H2,1H3,(H2,19,20,22,23). The van der Waals surface area contributed by atoms with E-state index in [9.17, 15) is 9.18 Å². The minimum absolute atomic E-state index is 0.174. The van der Waals surface area contributed by atoms with Crippen molar-refractivity contribution in [2.45, 2.75) is 13.3 Å². The quantitative estimate of drug-likeness (QED) is 0.777. The summed E-state index contributed by atoms with van der Waals surface area (Å²) in [5, 5.41) is 10.7. The van der Waals surface area contributed by atoms with E-state index in [2.05, 4.69) is 20.5 Å². The van der Waals surface area contributed by atoms with Crippen molar-refractivity contribution in [3.8, 4) is 0 Å². The van der Waals surface area contributed by atoms with Crippen LogP contribution >= 0.6 is 0 Å². The van der Waals surface area contributed by atoms with Crippen LogP contribution in [0.1, 0.15) is 16.8 Å². The van der Waals surface area contributed by atoms with Crippen molar-refractivity contribution in [2.75, 3.05) is 5.32 Å². The maximum absolute atomic E-state index is 13.1. The molecule has 116 valence electrons. The van der Waals surface area contributed by atoms with Gasteiger partial charge in [0.05, 0.1) is 0 Å². The zero-order valence-corrected chi connectivity index (χ0v) is 12.5. The lowest BCUT2D eigenvalue weighted by Crippen LogP contribution is -2.18. The summed E-state index contributed by atoms with van der Waals surface area (Å²) in [6.07, 6.45) is 0.406. The van der Waals surface area contributed by atoms with Gasteiger partial charge in [0.25, 0.3) is 5.56 Å². The van der Waals surface area contributed by atoms with Crippen LogP contribution in [0.25, 0.3) is 0 Å². The summed E-state index contributed by atoms with van der Waals surface area (Å²) in [6.45, 7) is 2.00. The fourth-order valence-corrected chi connectivity index (χ4v) is 2.13. The van der Waals surface area contributed by atoms with Crippen LogP contribution in [-0.4, -0.2) is 15.2 Å². The first-order valence-corrected chi connectivity index (χ1v) is 7.14. The fourth-order valence-electron chi connectivity index (χ4n) is 2.13. The molecule has 5 nitrogen and oxygen atoms in total. The molecule has 0 saturated heterocycles. The maximum Gasteiger partial charge on any atom is 0.274 e. The van der Waals surface area contributed by atoms with Crippen LogP contribution in [0.2, 0.25) is 0 Å². The first-order valence-electron chi connectivity index (χ1n) is 7.14. The molecule has 0 saturated carbocycles. The van der Waals surface area contributed by atoms with Gasteiger partial charge in [0.2, 0.25) is 5.95 Å². The molecular weight excluding hydrogens is 295 g/mol. The molecule has 2 aromatic carbocycles. The molecule has 0 unspecified atom stereocenters. The summed E-state index contributed by atoms with van der Waals surface area (Å²) in [5.74, 6) is -0.199. The minimum atomic E-state index is -0.374. The molecule has 3 aromatic rings. The Morgan fingerprint density at radius 1 is 1.13 bits per heavy atom. The van der Waals surface area contributed by atoms with Gasteiger partial charge < -0.3 is 5.32 Å². The van der Waals surface area contributed by atoms with E-state index in [1.165, 1.54) is 12.1 Å². The van der Waals surface area contributed by atoms with E-state index in [4.69, 9.17) is 0 Å². The van der Waals surface area contributed by atoms with Gasteiger partial charge >= 0.3 is 0 Å². The molecule has 1 aromatic heterocycles. The number of rotatable bonds is 4.